The maximum atomic E-state index is 12.4. The van der Waals surface area contributed by atoms with Crippen molar-refractivity contribution in [3.8, 4) is 11.8 Å². The molecule has 0 unspecified atom stereocenters. The lowest BCUT2D eigenvalue weighted by atomic mass is 10.1. The zero-order valence-electron chi connectivity index (χ0n) is 15.1. The summed E-state index contributed by atoms with van der Waals surface area (Å²) in [4.78, 5) is 34.4. The first kappa shape index (κ1) is 21.9. The standard InChI is InChI=1S/C20H15IN2O6/c1-28-20(27)13-3-5-15(6-4-13)23-19(26)14(10-22)8-12-2-7-17(16(21)9-12)29-11-18(24)25/h2-9H,11H2,1H3,(H,23,26)(H,24,25)/b14-8+. The second-order valence-electron chi connectivity index (χ2n) is 5.57. The average molecular weight is 506 g/mol. The molecule has 0 fully saturated rings. The van der Waals surface area contributed by atoms with Gasteiger partial charge in [0.25, 0.3) is 5.91 Å². The molecule has 29 heavy (non-hydrogen) atoms. The fourth-order valence-corrected chi connectivity index (χ4v) is 2.88. The monoisotopic (exact) mass is 506 g/mol. The summed E-state index contributed by atoms with van der Waals surface area (Å²) in [5, 5.41) is 20.6. The number of aliphatic carboxylic acids is 1. The number of carbonyl (C=O) groups excluding carboxylic acids is 2. The van der Waals surface area contributed by atoms with E-state index in [0.717, 1.165) is 0 Å². The van der Waals surface area contributed by atoms with E-state index in [1.807, 2.05) is 28.7 Å². The van der Waals surface area contributed by atoms with Gasteiger partial charge >= 0.3 is 11.9 Å². The molecule has 0 aromatic heterocycles. The largest absolute Gasteiger partial charge is 0.481 e. The van der Waals surface area contributed by atoms with Crippen LogP contribution in [0.2, 0.25) is 0 Å². The summed E-state index contributed by atoms with van der Waals surface area (Å²) >= 11 is 1.97. The molecule has 2 aromatic carbocycles. The first-order chi connectivity index (χ1) is 13.8. The van der Waals surface area contributed by atoms with Crippen molar-refractivity contribution in [2.75, 3.05) is 19.0 Å². The maximum absolute atomic E-state index is 12.4. The van der Waals surface area contributed by atoms with E-state index < -0.39 is 24.5 Å². The van der Waals surface area contributed by atoms with E-state index >= 15 is 0 Å². The van der Waals surface area contributed by atoms with Crippen LogP contribution in [-0.4, -0.2) is 36.7 Å². The third kappa shape index (κ3) is 6.32. The number of methoxy groups -OCH3 is 1. The molecule has 0 radical (unpaired) electrons. The highest BCUT2D eigenvalue weighted by atomic mass is 127. The van der Waals surface area contributed by atoms with E-state index in [-0.39, 0.29) is 5.57 Å². The molecule has 2 N–H and O–H groups in total. The van der Waals surface area contributed by atoms with Crippen LogP contribution in [0.15, 0.2) is 48.0 Å². The van der Waals surface area contributed by atoms with Crippen LogP contribution in [0, 0.1) is 14.9 Å². The van der Waals surface area contributed by atoms with Crippen molar-refractivity contribution in [3.63, 3.8) is 0 Å². The number of benzene rings is 2. The van der Waals surface area contributed by atoms with Crippen molar-refractivity contribution >= 4 is 52.2 Å². The Morgan fingerprint density at radius 1 is 1.21 bits per heavy atom. The van der Waals surface area contributed by atoms with Crippen LogP contribution in [0.5, 0.6) is 5.75 Å². The van der Waals surface area contributed by atoms with Gasteiger partial charge in [0, 0.05) is 5.69 Å². The number of carboxylic acids is 1. The number of anilines is 1. The molecule has 148 valence electrons. The van der Waals surface area contributed by atoms with Crippen LogP contribution in [0.1, 0.15) is 15.9 Å². The predicted molar refractivity (Wildman–Crippen MR) is 112 cm³/mol. The van der Waals surface area contributed by atoms with Crippen molar-refractivity contribution in [2.24, 2.45) is 0 Å². The summed E-state index contributed by atoms with van der Waals surface area (Å²) in [6.45, 7) is -0.466. The Hall–Kier alpha value is -3.39. The molecule has 0 aliphatic heterocycles. The Balaban J connectivity index is 2.13. The van der Waals surface area contributed by atoms with Crippen LogP contribution in [0.3, 0.4) is 0 Å². The molecule has 0 bridgehead atoms. The quantitative estimate of drug-likeness (QED) is 0.256. The van der Waals surface area contributed by atoms with Gasteiger partial charge in [0.15, 0.2) is 6.61 Å². The topological polar surface area (TPSA) is 126 Å². The molecule has 1 amide bonds. The number of halogens is 1. The van der Waals surface area contributed by atoms with Gasteiger partial charge in [-0.3, -0.25) is 4.79 Å². The summed E-state index contributed by atoms with van der Waals surface area (Å²) < 4.78 is 10.4. The van der Waals surface area contributed by atoms with E-state index in [9.17, 15) is 19.6 Å². The third-order valence-corrected chi connectivity index (χ3v) is 4.39. The molecular formula is C20H15IN2O6. The summed E-state index contributed by atoms with van der Waals surface area (Å²) in [6.07, 6.45) is 1.40. The number of nitriles is 1. The number of amides is 1. The normalized spacial score (nSPS) is 10.6. The van der Waals surface area contributed by atoms with Gasteiger partial charge in [0.05, 0.1) is 16.2 Å². The van der Waals surface area contributed by atoms with E-state index in [1.165, 1.54) is 37.5 Å². The van der Waals surface area contributed by atoms with E-state index in [4.69, 9.17) is 9.84 Å². The lowest BCUT2D eigenvalue weighted by Crippen LogP contribution is -2.13. The SMILES string of the molecule is COC(=O)c1ccc(NC(=O)/C(C#N)=C/c2ccc(OCC(=O)O)c(I)c2)cc1. The molecule has 0 heterocycles. The minimum absolute atomic E-state index is 0.128. The number of hydrogen-bond donors (Lipinski definition) is 2. The molecule has 0 saturated heterocycles. The van der Waals surface area contributed by atoms with Crippen molar-refractivity contribution < 1.29 is 29.0 Å². The molecular weight excluding hydrogens is 491 g/mol. The van der Waals surface area contributed by atoms with Gasteiger partial charge in [0.2, 0.25) is 0 Å². The number of nitrogens with zero attached hydrogens (tertiary/aromatic N) is 1. The minimum Gasteiger partial charge on any atom is -0.481 e. The van der Waals surface area contributed by atoms with Gasteiger partial charge in [-0.05, 0) is 70.6 Å². The van der Waals surface area contributed by atoms with E-state index in [2.05, 4.69) is 10.1 Å². The molecule has 0 atom stereocenters. The molecule has 8 nitrogen and oxygen atoms in total. The van der Waals surface area contributed by atoms with Crippen LogP contribution in [0.25, 0.3) is 6.08 Å². The number of carboxylic acid groups (broad SMARTS) is 1. The molecule has 2 rings (SSSR count). The maximum Gasteiger partial charge on any atom is 0.341 e. The molecule has 0 saturated carbocycles. The van der Waals surface area contributed by atoms with Gasteiger partial charge in [-0.2, -0.15) is 5.26 Å². The molecule has 2 aromatic rings. The molecule has 0 spiro atoms. The lowest BCUT2D eigenvalue weighted by molar-refractivity contribution is -0.139. The minimum atomic E-state index is -1.09. The number of ether oxygens (including phenoxy) is 2. The predicted octanol–water partition coefficient (Wildman–Crippen LogP) is 3.09. The van der Waals surface area contributed by atoms with Crippen molar-refractivity contribution in [3.05, 3.63) is 62.7 Å². The average Bonchev–Trinajstić information content (AvgIpc) is 2.71. The molecule has 9 heteroatoms. The highest BCUT2D eigenvalue weighted by Gasteiger charge is 2.12. The zero-order valence-corrected chi connectivity index (χ0v) is 17.3. The first-order valence-corrected chi connectivity index (χ1v) is 9.17. The Bertz CT molecular complexity index is 1010. The summed E-state index contributed by atoms with van der Waals surface area (Å²) in [7, 11) is 1.27. The van der Waals surface area contributed by atoms with Gasteiger partial charge in [-0.25, -0.2) is 9.59 Å². The van der Waals surface area contributed by atoms with Gasteiger partial charge in [0.1, 0.15) is 17.4 Å². The molecule has 0 aliphatic rings. The van der Waals surface area contributed by atoms with Gasteiger partial charge in [-0.15, -0.1) is 0 Å². The highest BCUT2D eigenvalue weighted by molar-refractivity contribution is 14.1. The fourth-order valence-electron chi connectivity index (χ4n) is 2.18. The van der Waals surface area contributed by atoms with Crippen molar-refractivity contribution in [1.82, 2.24) is 0 Å². The Morgan fingerprint density at radius 2 is 1.90 bits per heavy atom. The van der Waals surface area contributed by atoms with E-state index in [1.54, 1.807) is 18.2 Å². The number of esters is 1. The second-order valence-corrected chi connectivity index (χ2v) is 6.73. The smallest absolute Gasteiger partial charge is 0.341 e. The van der Waals surface area contributed by atoms with Crippen LogP contribution < -0.4 is 10.1 Å². The zero-order chi connectivity index (χ0) is 21.4. The van der Waals surface area contributed by atoms with E-state index in [0.29, 0.717) is 26.1 Å². The molecule has 0 aliphatic carbocycles. The third-order valence-electron chi connectivity index (χ3n) is 3.55. The van der Waals surface area contributed by atoms with Crippen molar-refractivity contribution in [2.45, 2.75) is 0 Å². The van der Waals surface area contributed by atoms with Crippen molar-refractivity contribution in [1.29, 1.82) is 5.26 Å². The Labute approximate surface area is 179 Å². The second kappa shape index (κ2) is 10.2. The number of carbonyl (C=O) groups is 3. The van der Waals surface area contributed by atoms with Gasteiger partial charge in [-0.1, -0.05) is 6.07 Å². The van der Waals surface area contributed by atoms with Crippen LogP contribution in [-0.2, 0) is 14.3 Å². The van der Waals surface area contributed by atoms with Crippen LogP contribution in [0.4, 0.5) is 5.69 Å². The van der Waals surface area contributed by atoms with Gasteiger partial charge < -0.3 is 19.9 Å². The Morgan fingerprint density at radius 3 is 2.45 bits per heavy atom. The number of rotatable bonds is 7. The fraction of sp³-hybridized carbons (Fsp3) is 0.100. The number of hydrogen-bond acceptors (Lipinski definition) is 6. The van der Waals surface area contributed by atoms with Crippen LogP contribution >= 0.6 is 22.6 Å². The summed E-state index contributed by atoms with van der Waals surface area (Å²) in [5.41, 5.74) is 1.19. The number of nitrogens with one attached hydrogen (secondary N) is 1. The summed E-state index contributed by atoms with van der Waals surface area (Å²) in [5.74, 6) is -1.81. The highest BCUT2D eigenvalue weighted by Crippen LogP contribution is 2.23. The first-order valence-electron chi connectivity index (χ1n) is 8.09. The lowest BCUT2D eigenvalue weighted by Gasteiger charge is -2.07. The summed E-state index contributed by atoms with van der Waals surface area (Å²) in [6, 6.07) is 12.7. The Kier molecular flexibility index (Phi) is 7.73.